The van der Waals surface area contributed by atoms with Crippen molar-refractivity contribution in [3.8, 4) is 44.5 Å². The Morgan fingerprint density at radius 3 is 1.54 bits per heavy atom. The summed E-state index contributed by atoms with van der Waals surface area (Å²) >= 11 is 1.97. The quantitative estimate of drug-likeness (QED) is 0.140. The molecule has 12 aromatic carbocycles. The van der Waals surface area contributed by atoms with Crippen LogP contribution in [0.1, 0.15) is 104 Å². The first kappa shape index (κ1) is 56.8. The van der Waals surface area contributed by atoms with Crippen LogP contribution in [0.25, 0.3) is 75.5 Å². The summed E-state index contributed by atoms with van der Waals surface area (Å²) in [5.41, 5.74) is 27.0. The molecule has 1 aromatic heterocycles. The van der Waals surface area contributed by atoms with Crippen molar-refractivity contribution in [2.45, 2.75) is 104 Å². The molecule has 3 heterocycles. The fourth-order valence-corrected chi connectivity index (χ4v) is 16.4. The van der Waals surface area contributed by atoms with Gasteiger partial charge in [0.25, 0.3) is 0 Å². The van der Waals surface area contributed by atoms with Gasteiger partial charge in [0.15, 0.2) is 0 Å². The van der Waals surface area contributed by atoms with Crippen molar-refractivity contribution in [2.75, 3.05) is 14.6 Å². The molecule has 0 atom stereocenters. The maximum atomic E-state index is 2.73. The molecule has 5 heteroatoms. The van der Waals surface area contributed by atoms with E-state index in [1.54, 1.807) is 0 Å². The Kier molecular flexibility index (Phi) is 13.2. The molecule has 444 valence electrons. The third kappa shape index (κ3) is 9.44. The second-order valence-electron chi connectivity index (χ2n) is 29.2. The second kappa shape index (κ2) is 21.1. The Morgan fingerprint density at radius 1 is 0.407 bits per heavy atom. The van der Waals surface area contributed by atoms with Gasteiger partial charge in [-0.1, -0.05) is 233 Å². The van der Waals surface area contributed by atoms with Gasteiger partial charge in [-0.3, -0.25) is 0 Å². The minimum Gasteiger partial charge on any atom is -0.376 e. The van der Waals surface area contributed by atoms with Crippen molar-refractivity contribution >= 4 is 106 Å². The average molecular weight is 1190 g/mol. The highest BCUT2D eigenvalue weighted by atomic mass is 32.1. The molecule has 0 radical (unpaired) electrons. The first-order chi connectivity index (χ1) is 43.9. The lowest BCUT2D eigenvalue weighted by molar-refractivity contribution is 0.332. The van der Waals surface area contributed by atoms with Crippen molar-refractivity contribution in [3.63, 3.8) is 0 Å². The maximum Gasteiger partial charge on any atom is 0.333 e. The molecule has 0 amide bonds. The Balaban J connectivity index is 1.02. The molecule has 91 heavy (non-hydrogen) atoms. The van der Waals surface area contributed by atoms with Gasteiger partial charge >= 0.3 is 6.85 Å². The fourth-order valence-electron chi connectivity index (χ4n) is 15.3. The predicted molar refractivity (Wildman–Crippen MR) is 394 cm³/mol. The number of anilines is 8. The SMILES string of the molecule is CC(C)(C)c1ccc(N2B3c4ccc(N(c5ccc(-c6ccccc6)cc5)c5ccc(-c6ccccc6)cc5)cc4N(c4ccc(C(C)(C)C)cc4-c4ccccc4)c4cc5ccccc5c(c43)-c3c2ccc2sc4cc5c(cc4c32)C(C)(C)CCC5(C)C)cc1. The zero-order valence-corrected chi connectivity index (χ0v) is 54.8. The number of benzene rings is 12. The molecule has 13 aromatic rings. The summed E-state index contributed by atoms with van der Waals surface area (Å²) < 4.78 is 2.69. The van der Waals surface area contributed by atoms with Crippen LogP contribution >= 0.6 is 11.3 Å². The topological polar surface area (TPSA) is 9.72 Å². The largest absolute Gasteiger partial charge is 0.376 e. The minimum absolute atomic E-state index is 0.0246. The first-order valence-electron chi connectivity index (χ1n) is 32.6. The van der Waals surface area contributed by atoms with Gasteiger partial charge in [-0.25, -0.2) is 0 Å². The van der Waals surface area contributed by atoms with Gasteiger partial charge in [-0.05, 0) is 203 Å². The number of fused-ring (bicyclic) bond motifs is 11. The minimum atomic E-state index is -0.226. The normalized spacial score (nSPS) is 14.7. The van der Waals surface area contributed by atoms with Crippen LogP contribution < -0.4 is 25.5 Å². The molecule has 3 aliphatic rings. The van der Waals surface area contributed by atoms with Gasteiger partial charge in [0, 0.05) is 71.1 Å². The monoisotopic (exact) mass is 1190 g/mol. The van der Waals surface area contributed by atoms with Crippen molar-refractivity contribution in [1.29, 1.82) is 0 Å². The van der Waals surface area contributed by atoms with E-state index in [0.29, 0.717) is 0 Å². The van der Waals surface area contributed by atoms with Crippen LogP contribution in [0.2, 0.25) is 0 Å². The van der Waals surface area contributed by atoms with Gasteiger partial charge in [-0.2, -0.15) is 0 Å². The summed E-state index contributed by atoms with van der Waals surface area (Å²) in [5, 5.41) is 5.21. The van der Waals surface area contributed by atoms with E-state index in [-0.39, 0.29) is 28.5 Å². The van der Waals surface area contributed by atoms with Crippen LogP contribution in [-0.4, -0.2) is 6.85 Å². The number of hydrogen-bond donors (Lipinski definition) is 0. The van der Waals surface area contributed by atoms with Crippen LogP contribution in [0, 0.1) is 0 Å². The van der Waals surface area contributed by atoms with Crippen LogP contribution in [0.4, 0.5) is 45.5 Å². The number of hydrogen-bond acceptors (Lipinski definition) is 4. The van der Waals surface area contributed by atoms with Gasteiger partial charge in [0.05, 0.1) is 5.69 Å². The molecule has 1 aliphatic carbocycles. The summed E-state index contributed by atoms with van der Waals surface area (Å²) in [6, 6.07) is 97.1. The molecular formula is C86H76BN3S. The fraction of sp³-hybridized carbons (Fsp3) is 0.186. The summed E-state index contributed by atoms with van der Waals surface area (Å²) in [6.45, 7) is 23.6. The van der Waals surface area contributed by atoms with E-state index in [2.05, 4.69) is 339 Å². The number of thiophene rings is 1. The van der Waals surface area contributed by atoms with Gasteiger partial charge in [0.2, 0.25) is 0 Å². The Hall–Kier alpha value is -9.42. The molecule has 2 aliphatic heterocycles. The predicted octanol–water partition coefficient (Wildman–Crippen LogP) is 23.3. The lowest BCUT2D eigenvalue weighted by atomic mass is 9.43. The molecule has 3 nitrogen and oxygen atoms in total. The van der Waals surface area contributed by atoms with Crippen LogP contribution in [0.15, 0.2) is 255 Å². The van der Waals surface area contributed by atoms with Gasteiger partial charge < -0.3 is 14.6 Å². The van der Waals surface area contributed by atoms with Gasteiger partial charge in [0.1, 0.15) is 0 Å². The number of rotatable bonds is 8. The molecule has 0 unspecified atom stereocenters. The zero-order valence-electron chi connectivity index (χ0n) is 54.0. The molecule has 0 fully saturated rings. The van der Waals surface area contributed by atoms with E-state index in [4.69, 9.17) is 0 Å². The zero-order chi connectivity index (χ0) is 62.3. The summed E-state index contributed by atoms with van der Waals surface area (Å²) in [5.74, 6) is 0. The first-order valence-corrected chi connectivity index (χ1v) is 33.4. The summed E-state index contributed by atoms with van der Waals surface area (Å²) in [4.78, 5) is 7.86. The molecule has 0 saturated carbocycles. The maximum absolute atomic E-state index is 2.73. The lowest BCUT2D eigenvalue weighted by Gasteiger charge is -2.47. The summed E-state index contributed by atoms with van der Waals surface area (Å²) in [6.07, 6.45) is 2.34. The van der Waals surface area contributed by atoms with E-state index >= 15 is 0 Å². The highest BCUT2D eigenvalue weighted by Crippen LogP contribution is 2.57. The molecule has 0 saturated heterocycles. The molecule has 0 bridgehead atoms. The molecule has 0 N–H and O–H groups in total. The van der Waals surface area contributed by atoms with Gasteiger partial charge in [-0.15, -0.1) is 11.3 Å². The van der Waals surface area contributed by atoms with E-state index in [1.165, 1.54) is 132 Å². The highest BCUT2D eigenvalue weighted by Gasteiger charge is 2.48. The standard InChI is InChI=1S/C86H76BN3S/c1-83(2,3)61-34-41-65(42-35-61)90-74-46-47-77-79(69-53-70-71(54-78(69)91-77)86(9,10)49-48-85(70,7)8)81(74)80-67-29-21-20-28-60(67)50-76-82(80)87(90)72-44-43-66(52-75(72)89(76)73-45-36-62(84(4,5)6)51-68(73)59-26-18-13-19-27-59)88(63-37-30-57(31-38-63)55-22-14-11-15-23-55)64-39-32-58(33-40-64)56-24-16-12-17-25-56/h11-47,50-54H,48-49H2,1-10H3. The van der Waals surface area contributed by atoms with Crippen molar-refractivity contribution in [3.05, 3.63) is 277 Å². The molecular weight excluding hydrogens is 1120 g/mol. The number of nitrogens with zero attached hydrogens (tertiary/aromatic N) is 3. The highest BCUT2D eigenvalue weighted by molar-refractivity contribution is 7.26. The van der Waals surface area contributed by atoms with Crippen molar-refractivity contribution in [2.24, 2.45) is 0 Å². The second-order valence-corrected chi connectivity index (χ2v) is 30.2. The molecule has 16 rings (SSSR count). The van der Waals surface area contributed by atoms with Crippen molar-refractivity contribution < 1.29 is 0 Å². The average Bonchev–Trinajstić information content (AvgIpc) is 1.58. The third-order valence-corrected chi connectivity index (χ3v) is 21.5. The van der Waals surface area contributed by atoms with E-state index < -0.39 is 0 Å². The van der Waals surface area contributed by atoms with Crippen molar-refractivity contribution in [1.82, 2.24) is 0 Å². The van der Waals surface area contributed by atoms with E-state index in [1.807, 2.05) is 11.3 Å². The van der Waals surface area contributed by atoms with Crippen LogP contribution in [0.3, 0.4) is 0 Å². The smallest absolute Gasteiger partial charge is 0.333 e. The van der Waals surface area contributed by atoms with Crippen LogP contribution in [0.5, 0.6) is 0 Å². The Labute approximate surface area is 542 Å². The van der Waals surface area contributed by atoms with E-state index in [0.717, 1.165) is 34.9 Å². The Bertz CT molecular complexity index is 4910. The summed E-state index contributed by atoms with van der Waals surface area (Å²) in [7, 11) is 0. The Morgan fingerprint density at radius 2 is 0.934 bits per heavy atom. The van der Waals surface area contributed by atoms with Crippen LogP contribution in [-0.2, 0) is 21.7 Å². The molecule has 0 spiro atoms. The van der Waals surface area contributed by atoms with E-state index in [9.17, 15) is 0 Å². The lowest BCUT2D eigenvalue weighted by Crippen LogP contribution is -2.61. The third-order valence-electron chi connectivity index (χ3n) is 20.4.